The van der Waals surface area contributed by atoms with Crippen LogP contribution in [0.25, 0.3) is 15.7 Å². The fourth-order valence-electron chi connectivity index (χ4n) is 6.07. The summed E-state index contributed by atoms with van der Waals surface area (Å²) in [6.07, 6.45) is 4.28. The van der Waals surface area contributed by atoms with E-state index in [4.69, 9.17) is 18.2 Å². The Morgan fingerprint density at radius 2 is 1.97 bits per heavy atom. The van der Waals surface area contributed by atoms with Crippen molar-refractivity contribution in [3.63, 3.8) is 0 Å². The molecular formula is C26H31ClN2O. The largest absolute Gasteiger partial charge is 0.377 e. The molecular weight excluding hydrogens is 392 g/mol. The summed E-state index contributed by atoms with van der Waals surface area (Å²) in [6, 6.07) is 5.53. The molecule has 1 fully saturated rings. The molecule has 0 unspecified atom stereocenters. The Morgan fingerprint density at radius 1 is 1.30 bits per heavy atom. The number of rotatable bonds is 3. The quantitative estimate of drug-likeness (QED) is 0.344. The van der Waals surface area contributed by atoms with Crippen LogP contribution in [0.1, 0.15) is 57.9 Å². The average molecular weight is 423 g/mol. The normalized spacial score (nSPS) is 34.8. The third-order valence-corrected chi connectivity index (χ3v) is 8.82. The van der Waals surface area contributed by atoms with Crippen molar-refractivity contribution in [1.29, 1.82) is 0 Å². The van der Waals surface area contributed by atoms with Crippen LogP contribution in [0.4, 0.5) is 0 Å². The van der Waals surface area contributed by atoms with E-state index in [0.717, 1.165) is 22.2 Å². The zero-order chi connectivity index (χ0) is 22.3. The summed E-state index contributed by atoms with van der Waals surface area (Å²) in [5, 5.41) is 13.4. The molecule has 0 amide bonds. The number of hydrogen-bond acceptors (Lipinski definition) is 1. The van der Waals surface area contributed by atoms with Gasteiger partial charge in [0, 0.05) is 33.5 Å². The third kappa shape index (κ3) is 2.30. The fourth-order valence-corrected chi connectivity index (χ4v) is 6.45. The van der Waals surface area contributed by atoms with Crippen molar-refractivity contribution < 1.29 is 5.11 Å². The molecule has 1 saturated carbocycles. The van der Waals surface area contributed by atoms with Crippen LogP contribution in [0.15, 0.2) is 43.5 Å². The lowest BCUT2D eigenvalue weighted by Gasteiger charge is -2.57. The van der Waals surface area contributed by atoms with Gasteiger partial charge in [-0.15, -0.1) is 24.8 Å². The molecule has 0 saturated heterocycles. The number of aromatic nitrogens is 1. The summed E-state index contributed by atoms with van der Waals surface area (Å²) >= 11 is 6.92. The number of nitrogens with one attached hydrogen (secondary N) is 1. The van der Waals surface area contributed by atoms with Gasteiger partial charge in [0.25, 0.3) is 6.04 Å². The molecule has 4 rings (SSSR count). The number of hydrogen-bond donors (Lipinski definition) is 2. The highest BCUT2D eigenvalue weighted by Crippen LogP contribution is 2.64. The van der Waals surface area contributed by atoms with E-state index in [9.17, 15) is 5.11 Å². The van der Waals surface area contributed by atoms with Gasteiger partial charge in [-0.05, 0) is 30.4 Å². The molecule has 2 aromatic rings. The number of aliphatic hydroxyl groups is 1. The van der Waals surface area contributed by atoms with Crippen LogP contribution >= 0.6 is 11.6 Å². The first-order valence-electron chi connectivity index (χ1n) is 10.6. The highest BCUT2D eigenvalue weighted by atomic mass is 35.5. The number of benzene rings is 1. The van der Waals surface area contributed by atoms with Crippen LogP contribution in [-0.4, -0.2) is 21.5 Å². The van der Waals surface area contributed by atoms with E-state index in [2.05, 4.69) is 68.9 Å². The minimum absolute atomic E-state index is 0.201. The molecule has 0 radical (unpaired) electrons. The first-order chi connectivity index (χ1) is 13.9. The van der Waals surface area contributed by atoms with Crippen LogP contribution in [-0.2, 0) is 16.4 Å². The molecule has 2 aliphatic rings. The number of halogens is 1. The Balaban J connectivity index is 2.21. The van der Waals surface area contributed by atoms with Gasteiger partial charge in [0.1, 0.15) is 0 Å². The zero-order valence-electron chi connectivity index (χ0n) is 18.5. The molecule has 2 N–H and O–H groups in total. The number of aromatic amines is 1. The molecule has 5 atom stereocenters. The topological polar surface area (TPSA) is 40.4 Å². The SMILES string of the molecule is [C-]#[N+][C@H]1[C@@](C)(C=C)[C@H](Cl)C[C@@H]2C(C)(C)c3cccc4[nH]c(C(C)(C)C=C)c(c34)[C@]21O. The minimum atomic E-state index is -1.36. The first kappa shape index (κ1) is 21.2. The summed E-state index contributed by atoms with van der Waals surface area (Å²) in [6.45, 7) is 26.7. The molecule has 3 nitrogen and oxygen atoms in total. The molecule has 0 aliphatic heterocycles. The van der Waals surface area contributed by atoms with Crippen LogP contribution in [0.5, 0.6) is 0 Å². The van der Waals surface area contributed by atoms with E-state index in [1.165, 1.54) is 5.56 Å². The van der Waals surface area contributed by atoms with E-state index in [1.807, 2.05) is 13.0 Å². The van der Waals surface area contributed by atoms with Crippen molar-refractivity contribution in [2.24, 2.45) is 11.3 Å². The number of allylic oxidation sites excluding steroid dienone is 1. The van der Waals surface area contributed by atoms with Gasteiger partial charge in [0.05, 0.1) is 10.8 Å². The van der Waals surface area contributed by atoms with Crippen molar-refractivity contribution >= 4 is 22.5 Å². The van der Waals surface area contributed by atoms with Crippen molar-refractivity contribution in [1.82, 2.24) is 4.98 Å². The summed E-state index contributed by atoms with van der Waals surface area (Å²) in [5.74, 6) is -0.201. The molecule has 0 spiro atoms. The Labute approximate surface area is 184 Å². The fraction of sp³-hybridized carbons (Fsp3) is 0.500. The van der Waals surface area contributed by atoms with Crippen molar-refractivity contribution in [3.05, 3.63) is 71.7 Å². The lowest BCUT2D eigenvalue weighted by atomic mass is 9.48. The average Bonchev–Trinajstić information content (AvgIpc) is 3.11. The monoisotopic (exact) mass is 422 g/mol. The molecule has 1 aromatic heterocycles. The summed E-state index contributed by atoms with van der Waals surface area (Å²) in [5.41, 5.74) is 1.14. The molecule has 4 heteroatoms. The molecule has 0 bridgehead atoms. The second kappa shape index (κ2) is 6.25. The van der Waals surface area contributed by atoms with Gasteiger partial charge in [-0.1, -0.05) is 52.0 Å². The lowest BCUT2D eigenvalue weighted by Crippen LogP contribution is -2.64. The van der Waals surface area contributed by atoms with Crippen molar-refractivity contribution in [2.45, 2.75) is 68.9 Å². The van der Waals surface area contributed by atoms with E-state index in [0.29, 0.717) is 6.42 Å². The molecule has 30 heavy (non-hydrogen) atoms. The molecule has 158 valence electrons. The highest BCUT2D eigenvalue weighted by Gasteiger charge is 2.69. The maximum absolute atomic E-state index is 12.7. The van der Waals surface area contributed by atoms with Gasteiger partial charge < -0.3 is 14.9 Å². The standard InChI is InChI=1S/C26H31ClN2O/c1-9-23(3,4)21-20-19-15(12-11-13-16(19)29-21)24(5,6)17-14-18(27)25(7,10-2)22(28-8)26(17,20)30/h9-13,17-18,22,29-30H,1-2,14H2,3-7H3/t17-,18-,22+,25+,26-/m1/s1. The second-order valence-electron chi connectivity index (χ2n) is 10.4. The Bertz CT molecular complexity index is 1100. The number of H-pyrrole nitrogens is 1. The summed E-state index contributed by atoms with van der Waals surface area (Å²) < 4.78 is 0. The van der Waals surface area contributed by atoms with Gasteiger partial charge in [0.15, 0.2) is 5.60 Å². The molecule has 1 heterocycles. The van der Waals surface area contributed by atoms with Crippen LogP contribution in [0, 0.1) is 17.9 Å². The Hall–Kier alpha value is -2.02. The highest BCUT2D eigenvalue weighted by molar-refractivity contribution is 6.21. The summed E-state index contributed by atoms with van der Waals surface area (Å²) in [7, 11) is 0. The Kier molecular flexibility index (Phi) is 4.42. The van der Waals surface area contributed by atoms with E-state index in [-0.39, 0.29) is 16.7 Å². The Morgan fingerprint density at radius 3 is 2.53 bits per heavy atom. The third-order valence-electron chi connectivity index (χ3n) is 8.17. The number of alkyl halides is 1. The van der Waals surface area contributed by atoms with Crippen molar-refractivity contribution in [2.75, 3.05) is 0 Å². The second-order valence-corrected chi connectivity index (χ2v) is 11.0. The molecule has 2 aliphatic carbocycles. The maximum atomic E-state index is 12.7. The van der Waals surface area contributed by atoms with Crippen LogP contribution in [0.3, 0.4) is 0 Å². The van der Waals surface area contributed by atoms with Gasteiger partial charge in [0.2, 0.25) is 0 Å². The predicted molar refractivity (Wildman–Crippen MR) is 125 cm³/mol. The van der Waals surface area contributed by atoms with E-state index in [1.54, 1.807) is 6.08 Å². The smallest absolute Gasteiger partial charge is 0.266 e. The van der Waals surface area contributed by atoms with Gasteiger partial charge in [-0.3, -0.25) is 0 Å². The zero-order valence-corrected chi connectivity index (χ0v) is 19.3. The maximum Gasteiger partial charge on any atom is 0.266 e. The van der Waals surface area contributed by atoms with E-state index >= 15 is 0 Å². The molecule has 1 aromatic carbocycles. The minimum Gasteiger partial charge on any atom is -0.377 e. The van der Waals surface area contributed by atoms with Gasteiger partial charge in [-0.25, -0.2) is 6.57 Å². The predicted octanol–water partition coefficient (Wildman–Crippen LogP) is 6.22. The lowest BCUT2D eigenvalue weighted by molar-refractivity contribution is -0.116. The van der Waals surface area contributed by atoms with E-state index < -0.39 is 22.5 Å². The van der Waals surface area contributed by atoms with Crippen molar-refractivity contribution in [3.8, 4) is 0 Å². The van der Waals surface area contributed by atoms with Gasteiger partial charge >= 0.3 is 0 Å². The summed E-state index contributed by atoms with van der Waals surface area (Å²) in [4.78, 5) is 7.63. The number of nitrogens with zero attached hydrogens (tertiary/aromatic N) is 1. The van der Waals surface area contributed by atoms with Crippen LogP contribution in [0.2, 0.25) is 0 Å². The number of fused-ring (bicyclic) bond motifs is 2. The first-order valence-corrected chi connectivity index (χ1v) is 11.0. The van der Waals surface area contributed by atoms with Crippen LogP contribution < -0.4 is 0 Å². The van der Waals surface area contributed by atoms with Gasteiger partial charge in [-0.2, -0.15) is 0 Å².